The molecule has 0 aliphatic rings. The number of rotatable bonds is 2. The van der Waals surface area contributed by atoms with Crippen molar-refractivity contribution < 1.29 is 10.7 Å². The van der Waals surface area contributed by atoms with Crippen LogP contribution in [0.15, 0.2) is 24.3 Å². The highest BCUT2D eigenvalue weighted by molar-refractivity contribution is 5.47. The fraction of sp³-hybridized carbons (Fsp3) is 0.143. The Kier molecular flexibility index (Phi) is 2.25. The highest BCUT2D eigenvalue weighted by Gasteiger charge is 1.91. The molecule has 0 heterocycles. The summed E-state index contributed by atoms with van der Waals surface area (Å²) < 4.78 is 0. The van der Waals surface area contributed by atoms with E-state index in [2.05, 4.69) is 5.32 Å². The van der Waals surface area contributed by atoms with Crippen LogP contribution in [-0.4, -0.2) is 12.3 Å². The van der Waals surface area contributed by atoms with Gasteiger partial charge in [0.25, 0.3) is 0 Å². The minimum atomic E-state index is 0.819. The summed E-state index contributed by atoms with van der Waals surface area (Å²) in [5.74, 6) is 0. The summed E-state index contributed by atoms with van der Waals surface area (Å²) in [6.45, 7) is 0. The lowest BCUT2D eigenvalue weighted by molar-refractivity contribution is -0.825. The second kappa shape index (κ2) is 3.20. The zero-order valence-electron chi connectivity index (χ0n) is 5.83. The third kappa shape index (κ3) is 1.46. The van der Waals surface area contributed by atoms with Crippen LogP contribution in [0, 0.1) is 0 Å². The lowest BCUT2D eigenvalue weighted by atomic mass is 10.3. The van der Waals surface area contributed by atoms with Gasteiger partial charge >= 0.3 is 0 Å². The van der Waals surface area contributed by atoms with Crippen molar-refractivity contribution in [2.24, 2.45) is 0 Å². The third-order valence-electron chi connectivity index (χ3n) is 1.35. The predicted molar refractivity (Wildman–Crippen MR) is 39.4 cm³/mol. The summed E-state index contributed by atoms with van der Waals surface area (Å²) in [4.78, 5) is 0. The predicted octanol–water partition coefficient (Wildman–Crippen LogP) is 0.312. The fourth-order valence-corrected chi connectivity index (χ4v) is 0.736. The van der Waals surface area contributed by atoms with Gasteiger partial charge in [-0.1, -0.05) is 0 Å². The van der Waals surface area contributed by atoms with Gasteiger partial charge in [0.15, 0.2) is 5.69 Å². The Bertz CT molecular complexity index is 172. The first-order valence-electron chi connectivity index (χ1n) is 3.12. The van der Waals surface area contributed by atoms with Crippen LogP contribution in [0.4, 0.5) is 11.4 Å². The molecule has 0 aliphatic heterocycles. The molecule has 0 spiro atoms. The molecule has 0 atom stereocenters. The molecule has 54 valence electrons. The van der Waals surface area contributed by atoms with E-state index in [1.807, 2.05) is 31.3 Å². The second-order valence-electron chi connectivity index (χ2n) is 2.00. The van der Waals surface area contributed by atoms with Crippen molar-refractivity contribution in [3.8, 4) is 0 Å². The highest BCUT2D eigenvalue weighted by atomic mass is 16.5. The number of quaternary nitrogens is 1. The highest BCUT2D eigenvalue weighted by Crippen LogP contribution is 2.07. The number of anilines is 1. The van der Waals surface area contributed by atoms with E-state index in [0.29, 0.717) is 0 Å². The maximum absolute atomic E-state index is 8.56. The molecule has 0 aliphatic carbocycles. The van der Waals surface area contributed by atoms with Crippen molar-refractivity contribution in [2.45, 2.75) is 0 Å². The average Bonchev–Trinajstić information content (AvgIpc) is 2.05. The molecule has 4 N–H and O–H groups in total. The van der Waals surface area contributed by atoms with E-state index in [0.717, 1.165) is 16.9 Å². The Morgan fingerprint density at radius 3 is 2.30 bits per heavy atom. The van der Waals surface area contributed by atoms with Crippen molar-refractivity contribution in [3.63, 3.8) is 0 Å². The third-order valence-corrected chi connectivity index (χ3v) is 1.35. The van der Waals surface area contributed by atoms with E-state index < -0.39 is 0 Å². The van der Waals surface area contributed by atoms with Gasteiger partial charge in [0.1, 0.15) is 0 Å². The summed E-state index contributed by atoms with van der Waals surface area (Å²) in [5, 5.41) is 11.5. The van der Waals surface area contributed by atoms with Gasteiger partial charge in [0, 0.05) is 24.9 Å². The smallest absolute Gasteiger partial charge is 0.161 e. The monoisotopic (exact) mass is 139 g/mol. The molecule has 3 nitrogen and oxygen atoms in total. The lowest BCUT2D eigenvalue weighted by Gasteiger charge is -1.97. The van der Waals surface area contributed by atoms with E-state index in [4.69, 9.17) is 5.21 Å². The molecule has 3 heteroatoms. The minimum Gasteiger partial charge on any atom is -0.388 e. The maximum atomic E-state index is 8.56. The zero-order valence-corrected chi connectivity index (χ0v) is 5.83. The summed E-state index contributed by atoms with van der Waals surface area (Å²) in [6.07, 6.45) is 0. The molecule has 10 heavy (non-hydrogen) atoms. The maximum Gasteiger partial charge on any atom is 0.161 e. The topological polar surface area (TPSA) is 48.9 Å². The molecular weight excluding hydrogens is 128 g/mol. The summed E-state index contributed by atoms with van der Waals surface area (Å²) in [7, 11) is 1.86. The Labute approximate surface area is 59.6 Å². The molecule has 0 fully saturated rings. The van der Waals surface area contributed by atoms with Gasteiger partial charge < -0.3 is 5.32 Å². The van der Waals surface area contributed by atoms with Gasteiger partial charge in [-0.2, -0.15) is 5.48 Å². The van der Waals surface area contributed by atoms with Crippen molar-refractivity contribution >= 4 is 11.4 Å². The van der Waals surface area contributed by atoms with Crippen LogP contribution in [0.2, 0.25) is 0 Å². The van der Waals surface area contributed by atoms with Crippen LogP contribution in [0.5, 0.6) is 0 Å². The quantitative estimate of drug-likeness (QED) is 0.408. The first-order valence-corrected chi connectivity index (χ1v) is 3.12. The van der Waals surface area contributed by atoms with Crippen molar-refractivity contribution in [1.82, 2.24) is 0 Å². The van der Waals surface area contributed by atoms with Gasteiger partial charge in [-0.15, -0.1) is 0 Å². The van der Waals surface area contributed by atoms with Gasteiger partial charge in [-0.05, 0) is 12.1 Å². The van der Waals surface area contributed by atoms with E-state index in [1.165, 1.54) is 0 Å². The first-order chi connectivity index (χ1) is 4.86. The zero-order chi connectivity index (χ0) is 7.40. The molecule has 0 aromatic heterocycles. The molecule has 0 bridgehead atoms. The number of benzene rings is 1. The number of hydrogen-bond acceptors (Lipinski definition) is 2. The molecule has 0 unspecified atom stereocenters. The number of nitrogens with two attached hydrogens (primary N) is 1. The molecule has 0 saturated carbocycles. The summed E-state index contributed by atoms with van der Waals surface area (Å²) in [5.41, 5.74) is 2.95. The first kappa shape index (κ1) is 7.05. The van der Waals surface area contributed by atoms with Crippen molar-refractivity contribution in [1.29, 1.82) is 0 Å². The van der Waals surface area contributed by atoms with Crippen LogP contribution < -0.4 is 10.8 Å². The van der Waals surface area contributed by atoms with Crippen LogP contribution in [-0.2, 0) is 0 Å². The second-order valence-corrected chi connectivity index (χ2v) is 2.00. The lowest BCUT2D eigenvalue weighted by Crippen LogP contribution is -2.73. The Morgan fingerprint density at radius 2 is 1.90 bits per heavy atom. The minimum absolute atomic E-state index is 0.819. The van der Waals surface area contributed by atoms with E-state index >= 15 is 0 Å². The van der Waals surface area contributed by atoms with Crippen LogP contribution in [0.25, 0.3) is 0 Å². The largest absolute Gasteiger partial charge is 0.388 e. The summed E-state index contributed by atoms with van der Waals surface area (Å²) >= 11 is 0. The molecule has 0 amide bonds. The summed E-state index contributed by atoms with van der Waals surface area (Å²) in [6, 6.07) is 7.49. The molecule has 1 rings (SSSR count). The average molecular weight is 139 g/mol. The van der Waals surface area contributed by atoms with Crippen LogP contribution in [0.1, 0.15) is 0 Å². The van der Waals surface area contributed by atoms with Crippen LogP contribution in [0.3, 0.4) is 0 Å². The fourth-order valence-electron chi connectivity index (χ4n) is 0.736. The van der Waals surface area contributed by atoms with Gasteiger partial charge in [0.2, 0.25) is 0 Å². The number of hydrogen-bond donors (Lipinski definition) is 3. The Hall–Kier alpha value is -1.06. The van der Waals surface area contributed by atoms with Crippen LogP contribution >= 0.6 is 0 Å². The molecule has 1 aromatic carbocycles. The van der Waals surface area contributed by atoms with Gasteiger partial charge in [-0.3, -0.25) is 0 Å². The Morgan fingerprint density at radius 1 is 1.30 bits per heavy atom. The standard InChI is InChI=1S/C7H10N2O/c1-8-6-2-4-7(9-10)5-3-6/h2-5,8-10H,1H3/p+1. The number of nitrogens with one attached hydrogen (secondary N) is 1. The SMILES string of the molecule is CNc1ccc([NH2+]O)cc1. The van der Waals surface area contributed by atoms with Gasteiger partial charge in [0.05, 0.1) is 0 Å². The van der Waals surface area contributed by atoms with Crippen molar-refractivity contribution in [3.05, 3.63) is 24.3 Å². The van der Waals surface area contributed by atoms with E-state index in [1.54, 1.807) is 0 Å². The Balaban J connectivity index is 2.80. The normalized spacial score (nSPS) is 9.40. The molecular formula is C7H11N2O+. The van der Waals surface area contributed by atoms with Gasteiger partial charge in [-0.25, -0.2) is 5.21 Å². The molecule has 1 aromatic rings. The van der Waals surface area contributed by atoms with Crippen molar-refractivity contribution in [2.75, 3.05) is 12.4 Å². The van der Waals surface area contributed by atoms with E-state index in [-0.39, 0.29) is 0 Å². The molecule has 0 saturated heterocycles. The van der Waals surface area contributed by atoms with E-state index in [9.17, 15) is 0 Å². The molecule has 0 radical (unpaired) electrons.